The standard InChI is InChI=1S/C71H62N2Si/c1-45(2)48-23-30-53(31-24-48)72(55-35-38-58(39-36-55)74(6,7)8)56-34-27-50-42-65-68(43-51(50)41-56)71(66-19-13-11-16-60(66)61-17-12-14-20-67(61)71)70-63-40-37-57(44-64(63)59-15-9-10-18-62(59)69(65)70)73(52-28-21-47(5)22-29-52)54-32-25-49(26-33-54)46(3)4/h9-46H,1-8H3. The fraction of sp³-hybridized carbons (Fsp3) is 0.155. The fourth-order valence-electron chi connectivity index (χ4n) is 12.6. The molecule has 1 spiro atoms. The van der Waals surface area contributed by atoms with Crippen molar-refractivity contribution in [3.63, 3.8) is 0 Å². The fourth-order valence-corrected chi connectivity index (χ4v) is 13.7. The van der Waals surface area contributed by atoms with E-state index in [1.54, 1.807) is 0 Å². The second kappa shape index (κ2) is 17.3. The third kappa shape index (κ3) is 7.12. The lowest BCUT2D eigenvalue weighted by Crippen LogP contribution is -2.37. The van der Waals surface area contributed by atoms with Gasteiger partial charge >= 0.3 is 0 Å². The van der Waals surface area contributed by atoms with E-state index in [-0.39, 0.29) is 0 Å². The Morgan fingerprint density at radius 1 is 0.365 bits per heavy atom. The minimum absolute atomic E-state index is 0.452. The van der Waals surface area contributed by atoms with Crippen molar-refractivity contribution in [2.75, 3.05) is 9.80 Å². The van der Waals surface area contributed by atoms with Crippen LogP contribution in [0.25, 0.3) is 54.6 Å². The van der Waals surface area contributed by atoms with Crippen LogP contribution in [0.5, 0.6) is 0 Å². The first kappa shape index (κ1) is 45.8. The van der Waals surface area contributed by atoms with Crippen molar-refractivity contribution in [3.05, 3.63) is 257 Å². The highest BCUT2D eigenvalue weighted by Crippen LogP contribution is 2.66. The maximum atomic E-state index is 2.57. The molecule has 13 rings (SSSR count). The van der Waals surface area contributed by atoms with E-state index in [4.69, 9.17) is 0 Å². The molecule has 0 fully saturated rings. The highest BCUT2D eigenvalue weighted by atomic mass is 28.3. The van der Waals surface area contributed by atoms with E-state index < -0.39 is 13.5 Å². The van der Waals surface area contributed by atoms with Gasteiger partial charge in [0.15, 0.2) is 0 Å². The summed E-state index contributed by atoms with van der Waals surface area (Å²) in [6.45, 7) is 18.5. The molecule has 0 amide bonds. The summed E-state index contributed by atoms with van der Waals surface area (Å²) in [6, 6.07) is 83.9. The summed E-state index contributed by atoms with van der Waals surface area (Å²) in [4.78, 5) is 4.88. The number of nitrogens with zero attached hydrogens (tertiary/aromatic N) is 2. The predicted molar refractivity (Wildman–Crippen MR) is 321 cm³/mol. The van der Waals surface area contributed by atoms with E-state index in [1.165, 1.54) is 98.7 Å². The van der Waals surface area contributed by atoms with Crippen molar-refractivity contribution >= 4 is 79.7 Å². The molecule has 11 aromatic carbocycles. The van der Waals surface area contributed by atoms with Crippen LogP contribution in [0.3, 0.4) is 0 Å². The van der Waals surface area contributed by atoms with Gasteiger partial charge in [-0.25, -0.2) is 0 Å². The van der Waals surface area contributed by atoms with Gasteiger partial charge in [-0.05, 0) is 192 Å². The van der Waals surface area contributed by atoms with Crippen molar-refractivity contribution in [2.45, 2.75) is 71.5 Å². The number of benzene rings is 11. The first-order valence-corrected chi connectivity index (χ1v) is 30.1. The molecule has 11 aromatic rings. The Hall–Kier alpha value is -7.98. The number of hydrogen-bond acceptors (Lipinski definition) is 2. The van der Waals surface area contributed by atoms with E-state index >= 15 is 0 Å². The van der Waals surface area contributed by atoms with E-state index in [1.807, 2.05) is 0 Å². The first-order chi connectivity index (χ1) is 35.9. The largest absolute Gasteiger partial charge is 0.310 e. The molecule has 0 saturated carbocycles. The summed E-state index contributed by atoms with van der Waals surface area (Å²) in [7, 11) is -1.51. The zero-order valence-corrected chi connectivity index (χ0v) is 44.8. The Balaban J connectivity index is 1.07. The minimum atomic E-state index is -1.51. The third-order valence-electron chi connectivity index (χ3n) is 16.4. The van der Waals surface area contributed by atoms with Gasteiger partial charge in [-0.3, -0.25) is 0 Å². The topological polar surface area (TPSA) is 6.48 Å². The van der Waals surface area contributed by atoms with Crippen molar-refractivity contribution in [3.8, 4) is 22.3 Å². The van der Waals surface area contributed by atoms with Gasteiger partial charge < -0.3 is 9.80 Å². The molecule has 0 aromatic heterocycles. The molecular weight excluding hydrogens is 909 g/mol. The Morgan fingerprint density at radius 3 is 1.39 bits per heavy atom. The summed E-state index contributed by atoms with van der Waals surface area (Å²) >= 11 is 0. The van der Waals surface area contributed by atoms with E-state index in [0.29, 0.717) is 11.8 Å². The van der Waals surface area contributed by atoms with Crippen LogP contribution in [0.4, 0.5) is 34.1 Å². The van der Waals surface area contributed by atoms with E-state index in [9.17, 15) is 0 Å². The normalized spacial score (nSPS) is 13.2. The molecule has 0 heterocycles. The van der Waals surface area contributed by atoms with E-state index in [2.05, 4.69) is 282 Å². The van der Waals surface area contributed by atoms with Gasteiger partial charge in [-0.2, -0.15) is 0 Å². The molecule has 2 nitrogen and oxygen atoms in total. The number of hydrogen-bond donors (Lipinski definition) is 0. The lowest BCUT2D eigenvalue weighted by Gasteiger charge is -2.32. The van der Waals surface area contributed by atoms with Gasteiger partial charge in [0.1, 0.15) is 0 Å². The van der Waals surface area contributed by atoms with Crippen LogP contribution in [0.2, 0.25) is 19.6 Å². The Labute approximate surface area is 438 Å². The highest BCUT2D eigenvalue weighted by molar-refractivity contribution is 6.88. The molecule has 0 N–H and O–H groups in total. The van der Waals surface area contributed by atoms with Gasteiger partial charge in [0.05, 0.1) is 13.5 Å². The van der Waals surface area contributed by atoms with Gasteiger partial charge in [-0.15, -0.1) is 0 Å². The molecule has 0 bridgehead atoms. The van der Waals surface area contributed by atoms with Crippen LogP contribution in [-0.4, -0.2) is 8.07 Å². The maximum Gasteiger partial charge on any atom is 0.0775 e. The molecule has 0 unspecified atom stereocenters. The van der Waals surface area contributed by atoms with E-state index in [0.717, 1.165) is 34.1 Å². The second-order valence-electron chi connectivity index (χ2n) is 22.6. The number of aryl methyl sites for hydroxylation is 1. The summed E-state index contributed by atoms with van der Waals surface area (Å²) < 4.78 is 0. The number of fused-ring (bicyclic) bond motifs is 16. The minimum Gasteiger partial charge on any atom is -0.310 e. The maximum absolute atomic E-state index is 2.57. The Morgan fingerprint density at radius 2 is 0.838 bits per heavy atom. The Kier molecular flexibility index (Phi) is 10.7. The molecule has 2 aliphatic rings. The molecule has 0 radical (unpaired) electrons. The number of rotatable bonds is 9. The SMILES string of the molecule is Cc1ccc(N(c2ccc(C(C)C)cc2)c2ccc3c4c(c5ccccc5c3c2)-c2cc3ccc(N(c5ccc(C(C)C)cc5)c5ccc([Si](C)(C)C)cc5)cc3cc2C42c3ccccc3-c3ccccc32)cc1. The van der Waals surface area contributed by atoms with Crippen LogP contribution >= 0.6 is 0 Å². The highest BCUT2D eigenvalue weighted by Gasteiger charge is 2.53. The molecule has 0 saturated heterocycles. The average molecular weight is 971 g/mol. The summed E-state index contributed by atoms with van der Waals surface area (Å²) in [6.07, 6.45) is 0. The van der Waals surface area contributed by atoms with Crippen LogP contribution < -0.4 is 15.0 Å². The van der Waals surface area contributed by atoms with Crippen molar-refractivity contribution in [1.29, 1.82) is 0 Å². The Bertz CT molecular complexity index is 3940. The van der Waals surface area contributed by atoms with Crippen LogP contribution in [-0.2, 0) is 5.41 Å². The van der Waals surface area contributed by atoms with Crippen LogP contribution in [0.1, 0.15) is 78.5 Å². The van der Waals surface area contributed by atoms with Crippen molar-refractivity contribution in [2.24, 2.45) is 0 Å². The van der Waals surface area contributed by atoms with Gasteiger partial charge in [-0.1, -0.05) is 192 Å². The van der Waals surface area contributed by atoms with Gasteiger partial charge in [0, 0.05) is 34.1 Å². The summed E-state index contributed by atoms with van der Waals surface area (Å²) in [5, 5.41) is 9.01. The van der Waals surface area contributed by atoms with Crippen molar-refractivity contribution < 1.29 is 0 Å². The average Bonchev–Trinajstić information content (AvgIpc) is 3.88. The third-order valence-corrected chi connectivity index (χ3v) is 18.5. The molecule has 3 heteroatoms. The molecule has 74 heavy (non-hydrogen) atoms. The molecule has 0 aliphatic heterocycles. The summed E-state index contributed by atoms with van der Waals surface area (Å²) in [5.74, 6) is 0.906. The monoisotopic (exact) mass is 970 g/mol. The lowest BCUT2D eigenvalue weighted by molar-refractivity contribution is 0.803. The smallest absolute Gasteiger partial charge is 0.0775 e. The zero-order chi connectivity index (χ0) is 50.6. The van der Waals surface area contributed by atoms with Gasteiger partial charge in [0.25, 0.3) is 0 Å². The second-order valence-corrected chi connectivity index (χ2v) is 27.7. The lowest BCUT2D eigenvalue weighted by atomic mass is 9.69. The zero-order valence-electron chi connectivity index (χ0n) is 43.8. The molecule has 360 valence electrons. The molecule has 0 atom stereocenters. The van der Waals surface area contributed by atoms with Crippen LogP contribution in [0, 0.1) is 6.92 Å². The van der Waals surface area contributed by atoms with Gasteiger partial charge in [0.2, 0.25) is 0 Å². The molecule has 2 aliphatic carbocycles. The quantitative estimate of drug-likeness (QED) is 0.105. The summed E-state index contributed by atoms with van der Waals surface area (Å²) in [5.41, 5.74) is 20.9. The van der Waals surface area contributed by atoms with Crippen LogP contribution in [0.15, 0.2) is 218 Å². The predicted octanol–water partition coefficient (Wildman–Crippen LogP) is 19.5. The number of anilines is 6. The van der Waals surface area contributed by atoms with Crippen molar-refractivity contribution in [1.82, 2.24) is 0 Å². The first-order valence-electron chi connectivity index (χ1n) is 26.6. The molecular formula is C71H62N2Si.